The lowest BCUT2D eigenvalue weighted by molar-refractivity contribution is -0.140. The van der Waals surface area contributed by atoms with E-state index in [0.29, 0.717) is 47.3 Å². The predicted octanol–water partition coefficient (Wildman–Crippen LogP) is 6.08. The molecular weight excluding hydrogens is 466 g/mol. The van der Waals surface area contributed by atoms with Crippen molar-refractivity contribution >= 4 is 16.7 Å². The number of alkyl halides is 3. The summed E-state index contributed by atoms with van der Waals surface area (Å²) in [4.78, 5) is 8.89. The molecule has 2 heterocycles. The Morgan fingerprint density at radius 3 is 2.57 bits per heavy atom. The van der Waals surface area contributed by atoms with Gasteiger partial charge in [-0.2, -0.15) is 13.2 Å². The molecule has 1 fully saturated rings. The number of benzene rings is 2. The molecule has 0 radical (unpaired) electrons. The summed E-state index contributed by atoms with van der Waals surface area (Å²) >= 11 is 0. The molecule has 0 bridgehead atoms. The Morgan fingerprint density at radius 2 is 1.91 bits per heavy atom. The van der Waals surface area contributed by atoms with Crippen LogP contribution in [0.2, 0.25) is 0 Å². The highest BCUT2D eigenvalue weighted by Crippen LogP contribution is 2.38. The number of methoxy groups -OCH3 is 1. The van der Waals surface area contributed by atoms with Gasteiger partial charge in [-0.25, -0.2) is 14.4 Å². The zero-order valence-corrected chi connectivity index (χ0v) is 19.9. The minimum absolute atomic E-state index is 0.121. The van der Waals surface area contributed by atoms with Gasteiger partial charge in [-0.1, -0.05) is 12.1 Å². The van der Waals surface area contributed by atoms with E-state index in [1.807, 2.05) is 6.92 Å². The number of aryl methyl sites for hydroxylation is 1. The Bertz CT molecular complexity index is 1210. The van der Waals surface area contributed by atoms with Crippen LogP contribution >= 0.6 is 0 Å². The van der Waals surface area contributed by atoms with Crippen molar-refractivity contribution in [2.24, 2.45) is 5.92 Å². The molecule has 3 atom stereocenters. The highest BCUT2D eigenvalue weighted by atomic mass is 19.4. The fourth-order valence-electron chi connectivity index (χ4n) is 4.22. The van der Waals surface area contributed by atoms with E-state index in [9.17, 15) is 17.6 Å². The minimum atomic E-state index is -4.79. The van der Waals surface area contributed by atoms with Gasteiger partial charge < -0.3 is 19.5 Å². The van der Waals surface area contributed by atoms with Crippen molar-refractivity contribution in [1.82, 2.24) is 9.97 Å². The lowest BCUT2D eigenvalue weighted by atomic mass is 10.0. The number of aromatic nitrogens is 2. The number of nitrogens with zero attached hydrogens (tertiary/aromatic N) is 2. The second-order valence-electron chi connectivity index (χ2n) is 8.66. The zero-order valence-electron chi connectivity index (χ0n) is 19.9. The first-order chi connectivity index (χ1) is 16.6. The third kappa shape index (κ3) is 5.27. The van der Waals surface area contributed by atoms with Crippen LogP contribution in [0.15, 0.2) is 30.3 Å². The topological polar surface area (TPSA) is 65.5 Å². The van der Waals surface area contributed by atoms with E-state index in [4.69, 9.17) is 14.2 Å². The van der Waals surface area contributed by atoms with Gasteiger partial charge >= 0.3 is 6.18 Å². The summed E-state index contributed by atoms with van der Waals surface area (Å²) in [5.41, 5.74) is -0.875. The number of fused-ring (bicyclic) bond motifs is 1. The monoisotopic (exact) mass is 493 g/mol. The van der Waals surface area contributed by atoms with E-state index in [0.717, 1.165) is 12.5 Å². The van der Waals surface area contributed by atoms with Crippen LogP contribution in [0.4, 0.5) is 23.4 Å². The first-order valence-corrected chi connectivity index (χ1v) is 11.3. The largest absolute Gasteiger partial charge is 0.493 e. The number of hydrogen-bond donors (Lipinski definition) is 1. The van der Waals surface area contributed by atoms with Crippen molar-refractivity contribution in [2.75, 3.05) is 25.6 Å². The summed E-state index contributed by atoms with van der Waals surface area (Å²) in [6, 6.07) is 5.88. The quantitative estimate of drug-likeness (QED) is 0.403. The van der Waals surface area contributed by atoms with E-state index >= 15 is 0 Å². The lowest BCUT2D eigenvalue weighted by Gasteiger charge is -2.22. The van der Waals surface area contributed by atoms with E-state index in [2.05, 4.69) is 15.3 Å². The highest BCUT2D eigenvalue weighted by Gasteiger charge is 2.35. The Labute approximate surface area is 200 Å². The molecule has 4 rings (SSSR count). The van der Waals surface area contributed by atoms with Crippen LogP contribution in [0, 0.1) is 18.7 Å². The molecular formula is C25H27F4N3O3. The fraction of sp³-hybridized carbons (Fsp3) is 0.440. The molecule has 2 aromatic carbocycles. The smallest absolute Gasteiger partial charge is 0.419 e. The fourth-order valence-corrected chi connectivity index (χ4v) is 4.22. The van der Waals surface area contributed by atoms with E-state index < -0.39 is 23.6 Å². The maximum atomic E-state index is 14.7. The number of ether oxygens (including phenoxy) is 3. The van der Waals surface area contributed by atoms with Crippen molar-refractivity contribution in [2.45, 2.75) is 45.5 Å². The molecule has 1 unspecified atom stereocenters. The van der Waals surface area contributed by atoms with Crippen LogP contribution < -0.4 is 14.8 Å². The van der Waals surface area contributed by atoms with Gasteiger partial charge in [0, 0.05) is 29.5 Å². The lowest BCUT2D eigenvalue weighted by Crippen LogP contribution is -2.24. The molecule has 0 spiro atoms. The average molecular weight is 494 g/mol. The number of halogens is 4. The van der Waals surface area contributed by atoms with Gasteiger partial charge in [0.05, 0.1) is 30.8 Å². The molecule has 188 valence electrons. The molecule has 0 aliphatic carbocycles. The molecule has 0 amide bonds. The van der Waals surface area contributed by atoms with Crippen molar-refractivity contribution in [3.8, 4) is 11.5 Å². The number of hydrogen-bond acceptors (Lipinski definition) is 6. The Kier molecular flexibility index (Phi) is 7.02. The zero-order chi connectivity index (χ0) is 25.3. The molecule has 1 aliphatic heterocycles. The number of nitrogens with one attached hydrogen (secondary N) is 1. The van der Waals surface area contributed by atoms with Gasteiger partial charge in [-0.3, -0.25) is 0 Å². The van der Waals surface area contributed by atoms with Gasteiger partial charge in [0.2, 0.25) is 0 Å². The van der Waals surface area contributed by atoms with Crippen LogP contribution in [0.3, 0.4) is 0 Å². The van der Waals surface area contributed by atoms with Crippen LogP contribution in [0.25, 0.3) is 10.9 Å². The summed E-state index contributed by atoms with van der Waals surface area (Å²) in [6.07, 6.45) is -4.03. The van der Waals surface area contributed by atoms with Crippen LogP contribution in [0.5, 0.6) is 11.5 Å². The van der Waals surface area contributed by atoms with Crippen LogP contribution in [-0.4, -0.2) is 36.4 Å². The average Bonchev–Trinajstić information content (AvgIpc) is 3.33. The standard InChI is InChI=1S/C25H27F4N3O3/c1-13(17-6-5-7-19(23(17)26)25(27,28)29)30-24-18-10-22(35-14(2)16-8-9-34-12-16)21(33-4)11-20(18)31-15(3)32-24/h5-7,10-11,13-14,16H,8-9,12H2,1-4H3,(H,30,31,32)/t13-,14?,16-/m1/s1. The predicted molar refractivity (Wildman–Crippen MR) is 123 cm³/mol. The molecule has 10 heteroatoms. The molecule has 0 saturated carbocycles. The molecule has 1 aromatic heterocycles. The molecule has 1 aliphatic rings. The van der Waals surface area contributed by atoms with E-state index in [1.54, 1.807) is 26.0 Å². The summed E-state index contributed by atoms with van der Waals surface area (Å²) in [6.45, 7) is 6.54. The Hall–Kier alpha value is -3.14. The highest BCUT2D eigenvalue weighted by molar-refractivity contribution is 5.92. The van der Waals surface area contributed by atoms with Gasteiger partial charge in [-0.15, -0.1) is 0 Å². The summed E-state index contributed by atoms with van der Waals surface area (Å²) < 4.78 is 71.5. The number of anilines is 1. The second-order valence-corrected chi connectivity index (χ2v) is 8.66. The first kappa shape index (κ1) is 25.0. The van der Waals surface area contributed by atoms with Gasteiger partial charge in [0.1, 0.15) is 23.6 Å². The van der Waals surface area contributed by atoms with Crippen molar-refractivity contribution < 1.29 is 31.8 Å². The maximum absolute atomic E-state index is 14.7. The van der Waals surface area contributed by atoms with Gasteiger partial charge in [0.25, 0.3) is 0 Å². The van der Waals surface area contributed by atoms with Gasteiger partial charge in [-0.05, 0) is 39.3 Å². The maximum Gasteiger partial charge on any atom is 0.419 e. The molecule has 6 nitrogen and oxygen atoms in total. The van der Waals surface area contributed by atoms with E-state index in [-0.39, 0.29) is 17.6 Å². The van der Waals surface area contributed by atoms with Crippen molar-refractivity contribution in [3.63, 3.8) is 0 Å². The summed E-state index contributed by atoms with van der Waals surface area (Å²) in [7, 11) is 1.53. The minimum Gasteiger partial charge on any atom is -0.493 e. The van der Waals surface area contributed by atoms with Crippen LogP contribution in [0.1, 0.15) is 43.3 Å². The Balaban J connectivity index is 1.71. The third-order valence-electron chi connectivity index (χ3n) is 6.19. The number of rotatable bonds is 7. The molecule has 3 aromatic rings. The van der Waals surface area contributed by atoms with Crippen molar-refractivity contribution in [1.29, 1.82) is 0 Å². The summed E-state index contributed by atoms with van der Waals surface area (Å²) in [5.74, 6) is 0.682. The molecule has 1 saturated heterocycles. The van der Waals surface area contributed by atoms with E-state index in [1.165, 1.54) is 19.2 Å². The summed E-state index contributed by atoms with van der Waals surface area (Å²) in [5, 5.41) is 3.63. The first-order valence-electron chi connectivity index (χ1n) is 11.3. The van der Waals surface area contributed by atoms with Gasteiger partial charge in [0.15, 0.2) is 11.5 Å². The normalized spacial score (nSPS) is 17.9. The second kappa shape index (κ2) is 9.85. The van der Waals surface area contributed by atoms with Crippen molar-refractivity contribution in [3.05, 3.63) is 53.1 Å². The molecule has 1 N–H and O–H groups in total. The Morgan fingerprint density at radius 1 is 1.14 bits per heavy atom. The third-order valence-corrected chi connectivity index (χ3v) is 6.19. The SMILES string of the molecule is COc1cc2nc(C)nc(N[C@H](C)c3cccc(C(F)(F)F)c3F)c2cc1OC(C)[C@@H]1CCOC1. The van der Waals surface area contributed by atoms with Crippen LogP contribution in [-0.2, 0) is 10.9 Å². The molecule has 35 heavy (non-hydrogen) atoms.